The Kier molecular flexibility index (Phi) is 3.14. The summed E-state index contributed by atoms with van der Waals surface area (Å²) in [5.74, 6) is -0.657. The van der Waals surface area contributed by atoms with Crippen LogP contribution in [0.5, 0.6) is 0 Å². The first-order valence-electron chi connectivity index (χ1n) is 4.68. The van der Waals surface area contributed by atoms with Gasteiger partial charge in [0, 0.05) is 5.69 Å². The van der Waals surface area contributed by atoms with Gasteiger partial charge in [0.1, 0.15) is 0 Å². The van der Waals surface area contributed by atoms with Gasteiger partial charge in [-0.1, -0.05) is 0 Å². The molecule has 0 radical (unpaired) electrons. The maximum Gasteiger partial charge on any atom is 0.339 e. The number of carbonyl (C=O) groups excluding carboxylic acids is 1. The van der Waals surface area contributed by atoms with Crippen molar-refractivity contribution in [3.8, 4) is 0 Å². The number of rotatable bonds is 3. The van der Waals surface area contributed by atoms with Gasteiger partial charge < -0.3 is 9.84 Å². The van der Waals surface area contributed by atoms with Gasteiger partial charge in [0.25, 0.3) is 0 Å². The average Bonchev–Trinajstić information content (AvgIpc) is 2.43. The van der Waals surface area contributed by atoms with Crippen LogP contribution in [0.15, 0.2) is 6.07 Å². The second-order valence-corrected chi connectivity index (χ2v) is 3.85. The van der Waals surface area contributed by atoms with E-state index in [0.29, 0.717) is 0 Å². The maximum absolute atomic E-state index is 11.2. The smallest absolute Gasteiger partial charge is 0.339 e. The summed E-state index contributed by atoms with van der Waals surface area (Å²) < 4.78 is 6.09. The molecule has 84 valence electrons. The molecule has 1 rings (SSSR count). The maximum atomic E-state index is 11.2. The van der Waals surface area contributed by atoms with Gasteiger partial charge in [-0.15, -0.1) is 0 Å². The van der Waals surface area contributed by atoms with Gasteiger partial charge in [-0.2, -0.15) is 5.10 Å². The van der Waals surface area contributed by atoms with Gasteiger partial charge in [-0.3, -0.25) is 4.68 Å². The van der Waals surface area contributed by atoms with Crippen LogP contribution in [0.3, 0.4) is 0 Å². The lowest BCUT2D eigenvalue weighted by Gasteiger charge is -2.20. The largest absolute Gasteiger partial charge is 0.467 e. The fourth-order valence-corrected chi connectivity index (χ4v) is 1.41. The normalized spacial score (nSPS) is 14.7. The summed E-state index contributed by atoms with van der Waals surface area (Å²) in [6.45, 7) is 5.23. The molecule has 0 aliphatic carbocycles. The number of esters is 1. The molecule has 1 aromatic heterocycles. The molecule has 0 saturated heterocycles. The van der Waals surface area contributed by atoms with E-state index in [-0.39, 0.29) is 6.54 Å². The van der Waals surface area contributed by atoms with Gasteiger partial charge >= 0.3 is 5.97 Å². The fourth-order valence-electron chi connectivity index (χ4n) is 1.41. The number of ether oxygens (including phenoxy) is 1. The zero-order valence-corrected chi connectivity index (χ0v) is 9.44. The predicted octanol–water partition coefficient (Wildman–Crippen LogP) is 0.424. The first-order chi connectivity index (χ1) is 6.86. The molecule has 5 heteroatoms. The molecule has 15 heavy (non-hydrogen) atoms. The summed E-state index contributed by atoms with van der Waals surface area (Å²) in [6.07, 6.45) is 0. The van der Waals surface area contributed by atoms with Gasteiger partial charge in [-0.25, -0.2) is 4.79 Å². The Balaban J connectivity index is 2.85. The standard InChI is InChI=1S/C10H16N2O3/c1-7-5-8(2)12(11-7)6-10(3,14)9(13)15-4/h5,14H,6H2,1-4H3. The minimum Gasteiger partial charge on any atom is -0.467 e. The van der Waals surface area contributed by atoms with Gasteiger partial charge in [-0.05, 0) is 26.8 Å². The van der Waals surface area contributed by atoms with E-state index in [1.165, 1.54) is 14.0 Å². The van der Waals surface area contributed by atoms with E-state index in [1.54, 1.807) is 4.68 Å². The van der Waals surface area contributed by atoms with E-state index < -0.39 is 11.6 Å². The van der Waals surface area contributed by atoms with Crippen LogP contribution in [0.2, 0.25) is 0 Å². The van der Waals surface area contributed by atoms with Crippen molar-refractivity contribution in [1.82, 2.24) is 9.78 Å². The quantitative estimate of drug-likeness (QED) is 0.738. The number of methoxy groups -OCH3 is 1. The Labute approximate surface area is 88.7 Å². The lowest BCUT2D eigenvalue weighted by Crippen LogP contribution is -2.41. The first kappa shape index (κ1) is 11.7. The highest BCUT2D eigenvalue weighted by Gasteiger charge is 2.32. The lowest BCUT2D eigenvalue weighted by molar-refractivity contribution is -0.162. The van der Waals surface area contributed by atoms with Crippen LogP contribution in [0.25, 0.3) is 0 Å². The van der Waals surface area contributed by atoms with E-state index in [4.69, 9.17) is 0 Å². The van der Waals surface area contributed by atoms with Gasteiger partial charge in [0.2, 0.25) is 0 Å². The number of hydrogen-bond acceptors (Lipinski definition) is 4. The number of nitrogens with zero attached hydrogens (tertiary/aromatic N) is 2. The molecule has 0 spiro atoms. The molecule has 0 aliphatic rings. The molecule has 1 N–H and O–H groups in total. The van der Waals surface area contributed by atoms with Crippen molar-refractivity contribution >= 4 is 5.97 Å². The second kappa shape index (κ2) is 4.02. The molecule has 0 fully saturated rings. The van der Waals surface area contributed by atoms with Crippen molar-refractivity contribution < 1.29 is 14.6 Å². The molecule has 1 atom stereocenters. The minimum absolute atomic E-state index is 0.0966. The third-order valence-corrected chi connectivity index (χ3v) is 2.19. The topological polar surface area (TPSA) is 64.3 Å². The van der Waals surface area contributed by atoms with E-state index in [9.17, 15) is 9.90 Å². The molecule has 5 nitrogen and oxygen atoms in total. The Morgan fingerprint density at radius 3 is 2.67 bits per heavy atom. The Morgan fingerprint density at radius 2 is 2.27 bits per heavy atom. The van der Waals surface area contributed by atoms with Crippen LogP contribution in [-0.2, 0) is 16.1 Å². The fraction of sp³-hybridized carbons (Fsp3) is 0.600. The number of aromatic nitrogens is 2. The number of aryl methyl sites for hydroxylation is 2. The van der Waals surface area contributed by atoms with Crippen molar-refractivity contribution in [2.75, 3.05) is 7.11 Å². The highest BCUT2D eigenvalue weighted by atomic mass is 16.5. The molecule has 0 bridgehead atoms. The molecule has 1 unspecified atom stereocenters. The number of hydrogen-bond donors (Lipinski definition) is 1. The van der Waals surface area contributed by atoms with E-state index >= 15 is 0 Å². The minimum atomic E-state index is -1.54. The summed E-state index contributed by atoms with van der Waals surface area (Å²) in [5, 5.41) is 14.0. The van der Waals surface area contributed by atoms with Crippen molar-refractivity contribution in [1.29, 1.82) is 0 Å². The molecule has 0 aromatic carbocycles. The third-order valence-electron chi connectivity index (χ3n) is 2.19. The summed E-state index contributed by atoms with van der Waals surface area (Å²) in [4.78, 5) is 11.2. The van der Waals surface area contributed by atoms with Crippen LogP contribution in [0.1, 0.15) is 18.3 Å². The summed E-state index contributed by atoms with van der Waals surface area (Å²) in [5.41, 5.74) is 0.211. The SMILES string of the molecule is COC(=O)C(C)(O)Cn1nc(C)cc1C. The highest BCUT2D eigenvalue weighted by molar-refractivity contribution is 5.78. The van der Waals surface area contributed by atoms with Crippen molar-refractivity contribution in [2.45, 2.75) is 32.9 Å². The second-order valence-electron chi connectivity index (χ2n) is 3.85. The summed E-state index contributed by atoms with van der Waals surface area (Å²) >= 11 is 0. The monoisotopic (exact) mass is 212 g/mol. The van der Waals surface area contributed by atoms with Gasteiger partial charge in [0.05, 0.1) is 19.3 Å². The molecule has 1 aromatic rings. The zero-order valence-electron chi connectivity index (χ0n) is 9.44. The van der Waals surface area contributed by atoms with E-state index in [0.717, 1.165) is 11.4 Å². The summed E-state index contributed by atoms with van der Waals surface area (Å²) in [7, 11) is 1.25. The Hall–Kier alpha value is -1.36. The molecule has 0 aliphatic heterocycles. The summed E-state index contributed by atoms with van der Waals surface area (Å²) in [6, 6.07) is 1.88. The third kappa shape index (κ3) is 2.56. The Morgan fingerprint density at radius 1 is 1.67 bits per heavy atom. The van der Waals surface area contributed by atoms with Crippen molar-refractivity contribution in [3.05, 3.63) is 17.5 Å². The van der Waals surface area contributed by atoms with E-state index in [2.05, 4.69) is 9.84 Å². The van der Waals surface area contributed by atoms with Gasteiger partial charge in [0.15, 0.2) is 5.60 Å². The van der Waals surface area contributed by atoms with Crippen LogP contribution < -0.4 is 0 Å². The highest BCUT2D eigenvalue weighted by Crippen LogP contribution is 2.11. The number of carbonyl (C=O) groups is 1. The van der Waals surface area contributed by atoms with Crippen molar-refractivity contribution in [3.63, 3.8) is 0 Å². The molecular weight excluding hydrogens is 196 g/mol. The molecule has 0 amide bonds. The van der Waals surface area contributed by atoms with Crippen LogP contribution in [0.4, 0.5) is 0 Å². The van der Waals surface area contributed by atoms with Crippen LogP contribution in [-0.4, -0.2) is 33.6 Å². The predicted molar refractivity (Wildman–Crippen MR) is 54.3 cm³/mol. The lowest BCUT2D eigenvalue weighted by atomic mass is 10.1. The van der Waals surface area contributed by atoms with Crippen LogP contribution >= 0.6 is 0 Å². The molecule has 1 heterocycles. The molecular formula is C10H16N2O3. The first-order valence-corrected chi connectivity index (χ1v) is 4.68. The van der Waals surface area contributed by atoms with E-state index in [1.807, 2.05) is 19.9 Å². The van der Waals surface area contributed by atoms with Crippen LogP contribution in [0, 0.1) is 13.8 Å². The number of aliphatic hydroxyl groups is 1. The Bertz CT molecular complexity index is 369. The zero-order chi connectivity index (χ0) is 11.6. The molecule has 0 saturated carbocycles. The van der Waals surface area contributed by atoms with Crippen molar-refractivity contribution in [2.24, 2.45) is 0 Å². The average molecular weight is 212 g/mol.